The Bertz CT molecular complexity index is 1660. The molecule has 0 atom stereocenters. The van der Waals surface area contributed by atoms with Crippen molar-refractivity contribution in [2.75, 3.05) is 23.9 Å². The summed E-state index contributed by atoms with van der Waals surface area (Å²) in [4.78, 5) is 25.6. The first-order valence-electron chi connectivity index (χ1n) is 12.0. The smallest absolute Gasteiger partial charge is 0.294 e. The third-order valence-corrected chi connectivity index (χ3v) is 9.64. The van der Waals surface area contributed by atoms with E-state index in [1.165, 1.54) is 36.4 Å². The summed E-state index contributed by atoms with van der Waals surface area (Å²) in [5, 5.41) is 2.71. The lowest BCUT2D eigenvalue weighted by Crippen LogP contribution is -2.31. The second-order valence-electron chi connectivity index (χ2n) is 9.56. The van der Waals surface area contributed by atoms with Crippen LogP contribution >= 0.6 is 11.6 Å². The number of hydrogen-bond donors (Lipinski definition) is 2. The van der Waals surface area contributed by atoms with Gasteiger partial charge in [-0.15, -0.1) is 11.6 Å². The topological polar surface area (TPSA) is 138 Å². The summed E-state index contributed by atoms with van der Waals surface area (Å²) in [5.41, 5.74) is 1.62. The van der Waals surface area contributed by atoms with E-state index in [9.17, 15) is 31.0 Å². The van der Waals surface area contributed by atoms with Crippen LogP contribution in [0.5, 0.6) is 0 Å². The fourth-order valence-electron chi connectivity index (χ4n) is 4.78. The van der Waals surface area contributed by atoms with Gasteiger partial charge in [-0.3, -0.25) is 14.1 Å². The number of anilines is 1. The lowest BCUT2D eigenvalue weighted by Gasteiger charge is -2.27. The van der Waals surface area contributed by atoms with Crippen molar-refractivity contribution in [2.45, 2.75) is 35.5 Å². The normalized spacial score (nSPS) is 19.6. The number of benzene rings is 2. The zero-order valence-corrected chi connectivity index (χ0v) is 23.6. The average Bonchev–Trinajstić information content (AvgIpc) is 3.22. The monoisotopic (exact) mass is 590 g/mol. The number of halogens is 1. The molecular formula is C27H27ClN2O7S2. The number of fused-ring (bicyclic) bond motifs is 2. The molecule has 0 aromatic heterocycles. The summed E-state index contributed by atoms with van der Waals surface area (Å²) in [6.45, 7) is 4.63. The summed E-state index contributed by atoms with van der Waals surface area (Å²) in [6.07, 6.45) is 6.68. The van der Waals surface area contributed by atoms with Gasteiger partial charge in [-0.05, 0) is 54.5 Å². The number of amides is 1. The highest BCUT2D eigenvalue weighted by molar-refractivity contribution is 7.97. The maximum atomic E-state index is 12.8. The van der Waals surface area contributed by atoms with E-state index in [1.54, 1.807) is 30.4 Å². The predicted octanol–water partition coefficient (Wildman–Crippen LogP) is 3.77. The van der Waals surface area contributed by atoms with Crippen molar-refractivity contribution in [3.63, 3.8) is 0 Å². The number of ketones is 1. The van der Waals surface area contributed by atoms with Crippen LogP contribution in [0.4, 0.5) is 5.69 Å². The van der Waals surface area contributed by atoms with E-state index in [0.29, 0.717) is 25.1 Å². The number of Topliss-reactive ketones (excluding diaryl/α,β-unsaturated/α-hetero) is 1. The van der Waals surface area contributed by atoms with E-state index in [4.69, 9.17) is 11.6 Å². The highest BCUT2D eigenvalue weighted by Crippen LogP contribution is 2.48. The van der Waals surface area contributed by atoms with E-state index in [1.807, 2.05) is 18.7 Å². The molecule has 0 saturated heterocycles. The van der Waals surface area contributed by atoms with E-state index in [-0.39, 0.29) is 32.0 Å². The van der Waals surface area contributed by atoms with Crippen LogP contribution in [0, 0.1) is 0 Å². The molecule has 0 saturated carbocycles. The molecule has 2 heterocycles. The molecule has 12 heteroatoms. The Hall–Kier alpha value is -3.25. The van der Waals surface area contributed by atoms with Gasteiger partial charge in [0.1, 0.15) is 10.8 Å². The number of rotatable bonds is 8. The van der Waals surface area contributed by atoms with Gasteiger partial charge in [0.15, 0.2) is 0 Å². The average molecular weight is 591 g/mol. The van der Waals surface area contributed by atoms with E-state index < -0.39 is 31.2 Å². The molecule has 0 aliphatic carbocycles. The highest BCUT2D eigenvalue weighted by Gasteiger charge is 2.41. The van der Waals surface area contributed by atoms with Crippen LogP contribution in [0.2, 0.25) is 0 Å². The van der Waals surface area contributed by atoms with E-state index in [0.717, 1.165) is 11.4 Å². The Balaban J connectivity index is 1.67. The maximum Gasteiger partial charge on any atom is 0.294 e. The van der Waals surface area contributed by atoms with Gasteiger partial charge in [0.2, 0.25) is 21.5 Å². The molecule has 0 bridgehead atoms. The SMILES string of the molecule is CC1(C)C(=CC=CC=C2C(=O)c3ccccc3S2(=O)=O)N(CCCNC(=O)CCl)c2ccc(S(=O)(=O)O)cc21. The standard InChI is InChI=1S/C27H27ClN2O7S2/c1-27(2)20-16-18(39(35,36)37)12-13-21(20)30(15-7-14-29-25(31)17-28)24(27)11-6-5-10-23-26(32)19-8-3-4-9-22(19)38(23,33)34/h3-6,8-13,16H,7,14-15,17H2,1-2H3,(H,29,31)(H,35,36,37). The molecule has 0 unspecified atom stereocenters. The molecule has 0 fully saturated rings. The van der Waals surface area contributed by atoms with Crippen molar-refractivity contribution in [3.8, 4) is 0 Å². The molecule has 39 heavy (non-hydrogen) atoms. The van der Waals surface area contributed by atoms with Crippen molar-refractivity contribution in [3.05, 3.63) is 88.5 Å². The molecule has 2 aliphatic rings. The minimum atomic E-state index is -4.42. The number of sulfone groups is 1. The van der Waals surface area contributed by atoms with Gasteiger partial charge in [0, 0.05) is 35.5 Å². The summed E-state index contributed by atoms with van der Waals surface area (Å²) in [6, 6.07) is 10.4. The number of hydrogen-bond acceptors (Lipinski definition) is 7. The van der Waals surface area contributed by atoms with Crippen molar-refractivity contribution >= 4 is 48.9 Å². The van der Waals surface area contributed by atoms with Gasteiger partial charge < -0.3 is 10.2 Å². The lowest BCUT2D eigenvalue weighted by molar-refractivity contribution is -0.118. The lowest BCUT2D eigenvalue weighted by atomic mass is 9.83. The number of alkyl halides is 1. The summed E-state index contributed by atoms with van der Waals surface area (Å²) < 4.78 is 58.8. The number of nitrogens with one attached hydrogen (secondary N) is 1. The minimum Gasteiger partial charge on any atom is -0.355 e. The summed E-state index contributed by atoms with van der Waals surface area (Å²) in [7, 11) is -8.33. The number of carbonyl (C=O) groups is 2. The molecule has 1 amide bonds. The highest BCUT2D eigenvalue weighted by atomic mass is 35.5. The fraction of sp³-hybridized carbons (Fsp3) is 0.259. The van der Waals surface area contributed by atoms with Crippen molar-refractivity contribution in [1.29, 1.82) is 0 Å². The third kappa shape index (κ3) is 5.44. The first kappa shape index (κ1) is 28.8. The van der Waals surface area contributed by atoms with Gasteiger partial charge in [-0.25, -0.2) is 8.42 Å². The van der Waals surface area contributed by atoms with Crippen LogP contribution in [0.1, 0.15) is 36.2 Å². The van der Waals surface area contributed by atoms with Crippen molar-refractivity contribution in [1.82, 2.24) is 5.32 Å². The first-order valence-corrected chi connectivity index (χ1v) is 15.5. The number of nitrogens with zero attached hydrogens (tertiary/aromatic N) is 1. The third-order valence-electron chi connectivity index (χ3n) is 6.71. The van der Waals surface area contributed by atoms with Crippen LogP contribution in [0.3, 0.4) is 0 Å². The second-order valence-corrected chi connectivity index (χ2v) is 13.1. The molecule has 2 aromatic carbocycles. The molecule has 0 spiro atoms. The van der Waals surface area contributed by atoms with Gasteiger partial charge in [-0.2, -0.15) is 8.42 Å². The zero-order valence-electron chi connectivity index (χ0n) is 21.2. The van der Waals surface area contributed by atoms with Gasteiger partial charge >= 0.3 is 0 Å². The molecule has 206 valence electrons. The quantitative estimate of drug-likeness (QED) is 0.205. The van der Waals surface area contributed by atoms with Gasteiger partial charge in [-0.1, -0.05) is 38.1 Å². The van der Waals surface area contributed by atoms with E-state index >= 15 is 0 Å². The molecule has 2 N–H and O–H groups in total. The van der Waals surface area contributed by atoms with Crippen LogP contribution in [-0.4, -0.2) is 52.0 Å². The summed E-state index contributed by atoms with van der Waals surface area (Å²) >= 11 is 5.54. The Morgan fingerprint density at radius 2 is 1.82 bits per heavy atom. The minimum absolute atomic E-state index is 0.0116. The fourth-order valence-corrected chi connectivity index (χ4v) is 6.94. The Kier molecular flexibility index (Phi) is 7.91. The van der Waals surface area contributed by atoms with Crippen molar-refractivity contribution in [2.24, 2.45) is 0 Å². The molecule has 0 radical (unpaired) electrons. The zero-order chi connectivity index (χ0) is 28.6. The molecule has 4 rings (SSSR count). The van der Waals surface area contributed by atoms with Gasteiger partial charge in [0.05, 0.1) is 9.79 Å². The van der Waals surface area contributed by atoms with Crippen LogP contribution in [0.15, 0.2) is 87.2 Å². The molecule has 9 nitrogen and oxygen atoms in total. The number of allylic oxidation sites excluding steroid dienone is 6. The van der Waals surface area contributed by atoms with Crippen molar-refractivity contribution < 1.29 is 31.0 Å². The van der Waals surface area contributed by atoms with Crippen LogP contribution in [0.25, 0.3) is 0 Å². The second kappa shape index (κ2) is 10.7. The Morgan fingerprint density at radius 1 is 1.13 bits per heavy atom. The Labute approximate surface area is 232 Å². The van der Waals surface area contributed by atoms with E-state index in [2.05, 4.69) is 5.32 Å². The molecular weight excluding hydrogens is 564 g/mol. The predicted molar refractivity (Wildman–Crippen MR) is 148 cm³/mol. The van der Waals surface area contributed by atoms with Crippen LogP contribution < -0.4 is 10.2 Å². The Morgan fingerprint density at radius 3 is 2.49 bits per heavy atom. The maximum absolute atomic E-state index is 12.8. The van der Waals surface area contributed by atoms with Crippen LogP contribution in [-0.2, 0) is 30.2 Å². The molecule has 2 aromatic rings. The first-order chi connectivity index (χ1) is 18.3. The largest absolute Gasteiger partial charge is 0.355 e. The van der Waals surface area contributed by atoms with Gasteiger partial charge in [0.25, 0.3) is 10.1 Å². The number of carbonyl (C=O) groups excluding carboxylic acids is 2. The summed E-state index contributed by atoms with van der Waals surface area (Å²) in [5.74, 6) is -0.996. The molecule has 2 aliphatic heterocycles.